The second kappa shape index (κ2) is 7.82. The largest absolute Gasteiger partial charge is 0.451 e. The zero-order valence-corrected chi connectivity index (χ0v) is 15.8. The van der Waals surface area contributed by atoms with Gasteiger partial charge in [-0.2, -0.15) is 5.06 Å². The summed E-state index contributed by atoms with van der Waals surface area (Å²) in [5.41, 5.74) is 0. The number of carbonyl (C=O) groups excluding carboxylic acids is 3. The molecule has 3 aliphatic rings. The van der Waals surface area contributed by atoms with E-state index in [-0.39, 0.29) is 18.4 Å². The molecule has 3 fully saturated rings. The number of likely N-dealkylation sites (N-methyl/N-ethyl adjacent to an activating group) is 1. The lowest BCUT2D eigenvalue weighted by Crippen LogP contribution is -2.73. The minimum absolute atomic E-state index is 0.0970. The summed E-state index contributed by atoms with van der Waals surface area (Å²) in [6.45, 7) is 4.34. The van der Waals surface area contributed by atoms with Gasteiger partial charge in [-0.3, -0.25) is 14.4 Å². The summed E-state index contributed by atoms with van der Waals surface area (Å²) in [6, 6.07) is -0.619. The molecular weight excluding hydrogens is 338 g/mol. The maximum atomic E-state index is 13.1. The third-order valence-electron chi connectivity index (χ3n) is 5.84. The van der Waals surface area contributed by atoms with E-state index in [0.29, 0.717) is 18.9 Å². The summed E-state index contributed by atoms with van der Waals surface area (Å²) < 4.78 is 4.86. The van der Waals surface area contributed by atoms with Crippen LogP contribution in [0, 0.1) is 5.92 Å². The van der Waals surface area contributed by atoms with Crippen LogP contribution in [0.3, 0.4) is 0 Å². The maximum absolute atomic E-state index is 13.1. The molecule has 0 N–H and O–H groups in total. The summed E-state index contributed by atoms with van der Waals surface area (Å²) in [5.74, 6) is 0.120. The average molecular weight is 367 g/mol. The van der Waals surface area contributed by atoms with Crippen LogP contribution in [0.15, 0.2) is 0 Å². The van der Waals surface area contributed by atoms with Crippen molar-refractivity contribution in [1.29, 1.82) is 0 Å². The molecule has 2 aliphatic heterocycles. The van der Waals surface area contributed by atoms with E-state index in [1.165, 1.54) is 31.3 Å². The van der Waals surface area contributed by atoms with Gasteiger partial charge in [0, 0.05) is 6.54 Å². The fourth-order valence-electron chi connectivity index (χ4n) is 4.37. The SMILES string of the molecule is CCN1CC2N(C(=O)OC)O[C@H](CC3CCCCC3)C(=O)N2[C@@H](C)C1=O. The third-order valence-corrected chi connectivity index (χ3v) is 5.84. The molecule has 26 heavy (non-hydrogen) atoms. The Bertz CT molecular complexity index is 563. The molecule has 1 aliphatic carbocycles. The summed E-state index contributed by atoms with van der Waals surface area (Å²) in [4.78, 5) is 46.9. The molecule has 3 amide bonds. The van der Waals surface area contributed by atoms with Gasteiger partial charge in [0.2, 0.25) is 5.91 Å². The molecular formula is C18H29N3O5. The first kappa shape index (κ1) is 18.9. The highest BCUT2D eigenvalue weighted by Gasteiger charge is 2.52. The molecule has 0 spiro atoms. The first-order chi connectivity index (χ1) is 12.5. The van der Waals surface area contributed by atoms with E-state index in [4.69, 9.17) is 9.57 Å². The number of methoxy groups -OCH3 is 1. The highest BCUT2D eigenvalue weighted by atomic mass is 16.7. The predicted octanol–water partition coefficient (Wildman–Crippen LogP) is 1.74. The van der Waals surface area contributed by atoms with Crippen LogP contribution in [-0.2, 0) is 19.2 Å². The van der Waals surface area contributed by atoms with Gasteiger partial charge in [-0.25, -0.2) is 4.79 Å². The molecule has 8 nitrogen and oxygen atoms in total. The number of piperazine rings is 1. The summed E-state index contributed by atoms with van der Waals surface area (Å²) >= 11 is 0. The molecule has 1 saturated carbocycles. The Hall–Kier alpha value is -1.83. The van der Waals surface area contributed by atoms with Crippen LogP contribution < -0.4 is 0 Å². The first-order valence-corrected chi connectivity index (χ1v) is 9.62. The van der Waals surface area contributed by atoms with Crippen LogP contribution in [0.5, 0.6) is 0 Å². The Labute approximate surface area is 154 Å². The Balaban J connectivity index is 1.84. The zero-order valence-electron chi connectivity index (χ0n) is 15.8. The summed E-state index contributed by atoms with van der Waals surface area (Å²) in [5, 5.41) is 1.15. The number of hydrogen-bond acceptors (Lipinski definition) is 5. The number of hydrogen-bond donors (Lipinski definition) is 0. The van der Waals surface area contributed by atoms with Gasteiger partial charge in [-0.15, -0.1) is 0 Å². The van der Waals surface area contributed by atoms with Crippen LogP contribution in [-0.4, -0.2) is 71.3 Å². The number of amides is 3. The van der Waals surface area contributed by atoms with Crippen LogP contribution in [0.25, 0.3) is 0 Å². The van der Waals surface area contributed by atoms with Gasteiger partial charge in [-0.1, -0.05) is 32.1 Å². The Morgan fingerprint density at radius 1 is 1.19 bits per heavy atom. The molecule has 1 unspecified atom stereocenters. The standard InChI is InChI=1S/C18H29N3O5/c1-4-19-11-15-20(12(2)16(19)22)17(23)14(26-21(15)18(24)25-3)10-13-8-6-5-7-9-13/h12-15H,4-11H2,1-3H3/t12-,14+,15?/m0/s1. The highest BCUT2D eigenvalue weighted by Crippen LogP contribution is 2.33. The van der Waals surface area contributed by atoms with Gasteiger partial charge in [0.25, 0.3) is 5.91 Å². The second-order valence-electron chi connectivity index (χ2n) is 7.41. The number of fused-ring (bicyclic) bond motifs is 1. The molecule has 0 bridgehead atoms. The van der Waals surface area contributed by atoms with E-state index in [1.54, 1.807) is 11.8 Å². The first-order valence-electron chi connectivity index (χ1n) is 9.62. The predicted molar refractivity (Wildman–Crippen MR) is 92.7 cm³/mol. The lowest BCUT2D eigenvalue weighted by molar-refractivity contribution is -0.267. The Morgan fingerprint density at radius 3 is 2.50 bits per heavy atom. The number of rotatable bonds is 3. The number of ether oxygens (including phenoxy) is 1. The van der Waals surface area contributed by atoms with Crippen molar-refractivity contribution in [1.82, 2.24) is 14.9 Å². The molecule has 0 aromatic heterocycles. The van der Waals surface area contributed by atoms with Crippen molar-refractivity contribution in [3.8, 4) is 0 Å². The third kappa shape index (κ3) is 3.39. The van der Waals surface area contributed by atoms with Crippen molar-refractivity contribution >= 4 is 17.9 Å². The quantitative estimate of drug-likeness (QED) is 0.759. The molecule has 0 radical (unpaired) electrons. The molecule has 0 aromatic rings. The highest BCUT2D eigenvalue weighted by molar-refractivity contribution is 5.91. The summed E-state index contributed by atoms with van der Waals surface area (Å²) in [7, 11) is 1.29. The fraction of sp³-hybridized carbons (Fsp3) is 0.833. The van der Waals surface area contributed by atoms with Gasteiger partial charge in [0.1, 0.15) is 6.04 Å². The van der Waals surface area contributed by atoms with Gasteiger partial charge in [0.15, 0.2) is 12.3 Å². The zero-order chi connectivity index (χ0) is 18.8. The molecule has 2 heterocycles. The second-order valence-corrected chi connectivity index (χ2v) is 7.41. The topological polar surface area (TPSA) is 79.4 Å². The molecule has 3 rings (SSSR count). The van der Waals surface area contributed by atoms with Crippen molar-refractivity contribution in [2.24, 2.45) is 5.92 Å². The van der Waals surface area contributed by atoms with E-state index in [2.05, 4.69) is 0 Å². The van der Waals surface area contributed by atoms with Crippen LogP contribution >= 0.6 is 0 Å². The Morgan fingerprint density at radius 2 is 1.88 bits per heavy atom. The lowest BCUT2D eigenvalue weighted by Gasteiger charge is -2.51. The van der Waals surface area contributed by atoms with Gasteiger partial charge in [0.05, 0.1) is 13.7 Å². The minimum Gasteiger partial charge on any atom is -0.451 e. The van der Waals surface area contributed by atoms with Gasteiger partial charge >= 0.3 is 6.09 Å². The molecule has 146 valence electrons. The Kier molecular flexibility index (Phi) is 5.70. The van der Waals surface area contributed by atoms with Crippen molar-refractivity contribution in [3.63, 3.8) is 0 Å². The van der Waals surface area contributed by atoms with Crippen LogP contribution in [0.1, 0.15) is 52.4 Å². The van der Waals surface area contributed by atoms with Crippen molar-refractivity contribution in [3.05, 3.63) is 0 Å². The normalized spacial score (nSPS) is 30.4. The van der Waals surface area contributed by atoms with Gasteiger partial charge < -0.3 is 14.5 Å². The lowest BCUT2D eigenvalue weighted by atomic mass is 9.85. The molecule has 8 heteroatoms. The van der Waals surface area contributed by atoms with E-state index in [1.807, 2.05) is 6.92 Å². The number of hydroxylamine groups is 2. The van der Waals surface area contributed by atoms with Crippen molar-refractivity contribution < 1.29 is 24.0 Å². The fourth-order valence-corrected chi connectivity index (χ4v) is 4.37. The molecule has 3 atom stereocenters. The van der Waals surface area contributed by atoms with Crippen LogP contribution in [0.4, 0.5) is 4.79 Å². The number of carbonyl (C=O) groups is 3. The summed E-state index contributed by atoms with van der Waals surface area (Å²) in [6.07, 6.45) is 4.27. The van der Waals surface area contributed by atoms with Crippen molar-refractivity contribution in [2.75, 3.05) is 20.2 Å². The van der Waals surface area contributed by atoms with Crippen LogP contribution in [0.2, 0.25) is 0 Å². The van der Waals surface area contributed by atoms with E-state index >= 15 is 0 Å². The van der Waals surface area contributed by atoms with E-state index in [9.17, 15) is 14.4 Å². The van der Waals surface area contributed by atoms with E-state index < -0.39 is 24.4 Å². The maximum Gasteiger partial charge on any atom is 0.435 e. The monoisotopic (exact) mass is 367 g/mol. The van der Waals surface area contributed by atoms with E-state index in [0.717, 1.165) is 17.9 Å². The van der Waals surface area contributed by atoms with Crippen molar-refractivity contribution in [2.45, 2.75) is 70.7 Å². The average Bonchev–Trinajstić information content (AvgIpc) is 2.66. The smallest absolute Gasteiger partial charge is 0.435 e. The van der Waals surface area contributed by atoms with Gasteiger partial charge in [-0.05, 0) is 26.2 Å². The molecule has 2 saturated heterocycles. The molecule has 0 aromatic carbocycles. The minimum atomic E-state index is -0.739. The number of nitrogens with zero attached hydrogens (tertiary/aromatic N) is 3.